The van der Waals surface area contributed by atoms with Gasteiger partial charge in [-0.05, 0) is 31.2 Å². The minimum atomic E-state index is -0.695. The van der Waals surface area contributed by atoms with E-state index in [1.165, 1.54) is 0 Å². The third-order valence-corrected chi connectivity index (χ3v) is 3.76. The number of likely N-dealkylation sites (N-methyl/N-ethyl adjacent to an activating group) is 1. The van der Waals surface area contributed by atoms with Crippen molar-refractivity contribution in [2.75, 3.05) is 13.1 Å². The molecule has 0 spiro atoms. The third-order valence-electron chi connectivity index (χ3n) is 3.76. The highest BCUT2D eigenvalue weighted by Crippen LogP contribution is 2.07. The molecular weight excluding hydrogens is 290 g/mol. The molecule has 1 amide bonds. The van der Waals surface area contributed by atoms with E-state index in [0.717, 1.165) is 12.0 Å². The summed E-state index contributed by atoms with van der Waals surface area (Å²) in [7, 11) is 0. The van der Waals surface area contributed by atoms with Crippen molar-refractivity contribution in [1.29, 1.82) is 0 Å². The number of nitrogens with two attached hydrogens (primary N) is 1. The molecule has 3 atom stereocenters. The fourth-order valence-corrected chi connectivity index (χ4v) is 2.49. The fourth-order valence-electron chi connectivity index (χ4n) is 2.49. The zero-order valence-corrected chi connectivity index (χ0v) is 14.5. The Bertz CT molecular complexity index is 451. The van der Waals surface area contributed by atoms with E-state index in [1.54, 1.807) is 0 Å². The summed E-state index contributed by atoms with van der Waals surface area (Å²) < 4.78 is 0. The van der Waals surface area contributed by atoms with Crippen molar-refractivity contribution in [3.63, 3.8) is 0 Å². The Labute approximate surface area is 139 Å². The highest BCUT2D eigenvalue weighted by molar-refractivity contribution is 5.81. The first-order valence-electron chi connectivity index (χ1n) is 8.42. The molecule has 0 aliphatic rings. The van der Waals surface area contributed by atoms with Crippen LogP contribution in [0.15, 0.2) is 30.3 Å². The first-order chi connectivity index (χ1) is 10.9. The van der Waals surface area contributed by atoms with Crippen LogP contribution in [0.1, 0.15) is 32.8 Å². The second kappa shape index (κ2) is 10.4. The standard InChI is InChI=1S/C18H31N3O2/c1-4-20-18(23)16(10-13(2)3)21-12-17(22)15(19)11-14-8-6-5-7-9-14/h5-9,13,15-17,21-22H,4,10-12,19H2,1-3H3,(H,20,23)/t15-,16+,17+/m0/s1. The molecule has 0 aromatic heterocycles. The smallest absolute Gasteiger partial charge is 0.237 e. The van der Waals surface area contributed by atoms with Gasteiger partial charge in [0.25, 0.3) is 0 Å². The van der Waals surface area contributed by atoms with E-state index in [0.29, 0.717) is 25.4 Å². The van der Waals surface area contributed by atoms with E-state index in [-0.39, 0.29) is 18.0 Å². The molecule has 0 aliphatic carbocycles. The van der Waals surface area contributed by atoms with Gasteiger partial charge >= 0.3 is 0 Å². The summed E-state index contributed by atoms with van der Waals surface area (Å²) in [5.74, 6) is 0.371. The molecule has 0 aliphatic heterocycles. The van der Waals surface area contributed by atoms with Gasteiger partial charge in [-0.1, -0.05) is 44.2 Å². The first-order valence-corrected chi connectivity index (χ1v) is 8.42. The van der Waals surface area contributed by atoms with Gasteiger partial charge in [-0.15, -0.1) is 0 Å². The Hall–Kier alpha value is -1.43. The van der Waals surface area contributed by atoms with Crippen molar-refractivity contribution >= 4 is 5.91 Å². The van der Waals surface area contributed by atoms with Crippen LogP contribution in [-0.4, -0.2) is 42.3 Å². The Balaban J connectivity index is 2.49. The van der Waals surface area contributed by atoms with Crippen LogP contribution in [0.25, 0.3) is 0 Å². The van der Waals surface area contributed by atoms with Gasteiger partial charge in [-0.2, -0.15) is 0 Å². The van der Waals surface area contributed by atoms with Gasteiger partial charge in [-0.25, -0.2) is 0 Å². The minimum absolute atomic E-state index is 0.0231. The van der Waals surface area contributed by atoms with Gasteiger partial charge in [0, 0.05) is 19.1 Å². The second-order valence-electron chi connectivity index (χ2n) is 6.41. The molecule has 1 aromatic carbocycles. The number of carbonyl (C=O) groups excluding carboxylic acids is 1. The topological polar surface area (TPSA) is 87.4 Å². The van der Waals surface area contributed by atoms with Crippen LogP contribution in [0, 0.1) is 5.92 Å². The molecule has 5 N–H and O–H groups in total. The number of aliphatic hydroxyl groups excluding tert-OH is 1. The maximum atomic E-state index is 12.1. The van der Waals surface area contributed by atoms with E-state index >= 15 is 0 Å². The molecule has 0 saturated heterocycles. The first kappa shape index (κ1) is 19.6. The maximum absolute atomic E-state index is 12.1. The predicted octanol–water partition coefficient (Wildman–Crippen LogP) is 1.06. The number of aliphatic hydroxyl groups is 1. The number of hydrogen-bond donors (Lipinski definition) is 4. The minimum Gasteiger partial charge on any atom is -0.390 e. The van der Waals surface area contributed by atoms with Gasteiger partial charge in [0.05, 0.1) is 12.1 Å². The molecule has 0 unspecified atom stereocenters. The highest BCUT2D eigenvalue weighted by Gasteiger charge is 2.22. The number of rotatable bonds is 10. The summed E-state index contributed by atoms with van der Waals surface area (Å²) in [6, 6.07) is 9.20. The molecule has 0 bridgehead atoms. The highest BCUT2D eigenvalue weighted by atomic mass is 16.3. The average Bonchev–Trinajstić information content (AvgIpc) is 2.51. The Morgan fingerprint density at radius 3 is 2.48 bits per heavy atom. The number of amides is 1. The van der Waals surface area contributed by atoms with Crippen molar-refractivity contribution in [3.8, 4) is 0 Å². The summed E-state index contributed by atoms with van der Waals surface area (Å²) in [5, 5.41) is 16.2. The van der Waals surface area contributed by atoms with Crippen LogP contribution in [0.4, 0.5) is 0 Å². The van der Waals surface area contributed by atoms with E-state index in [4.69, 9.17) is 5.73 Å². The van der Waals surface area contributed by atoms with E-state index in [2.05, 4.69) is 24.5 Å². The van der Waals surface area contributed by atoms with Crippen LogP contribution < -0.4 is 16.4 Å². The zero-order valence-electron chi connectivity index (χ0n) is 14.5. The molecule has 0 heterocycles. The Morgan fingerprint density at radius 2 is 1.91 bits per heavy atom. The van der Waals surface area contributed by atoms with Gasteiger partial charge in [0.15, 0.2) is 0 Å². The van der Waals surface area contributed by atoms with Crippen LogP contribution in [-0.2, 0) is 11.2 Å². The molecule has 23 heavy (non-hydrogen) atoms. The Kier molecular flexibility index (Phi) is 8.84. The lowest BCUT2D eigenvalue weighted by Gasteiger charge is -2.24. The van der Waals surface area contributed by atoms with Crippen LogP contribution in [0.2, 0.25) is 0 Å². The molecule has 0 radical (unpaired) electrons. The summed E-state index contributed by atoms with van der Waals surface area (Å²) >= 11 is 0. The summed E-state index contributed by atoms with van der Waals surface area (Å²) in [6.07, 6.45) is 0.644. The monoisotopic (exact) mass is 321 g/mol. The lowest BCUT2D eigenvalue weighted by Crippen LogP contribution is -2.50. The third kappa shape index (κ3) is 7.59. The molecule has 0 fully saturated rings. The van der Waals surface area contributed by atoms with Crippen molar-refractivity contribution in [2.45, 2.75) is 51.8 Å². The maximum Gasteiger partial charge on any atom is 0.237 e. The van der Waals surface area contributed by atoms with Crippen molar-refractivity contribution in [3.05, 3.63) is 35.9 Å². The number of carbonyl (C=O) groups is 1. The molecule has 0 saturated carbocycles. The zero-order chi connectivity index (χ0) is 17.2. The van der Waals surface area contributed by atoms with Gasteiger partial charge in [0.1, 0.15) is 0 Å². The van der Waals surface area contributed by atoms with Crippen LogP contribution in [0.3, 0.4) is 0 Å². The largest absolute Gasteiger partial charge is 0.390 e. The van der Waals surface area contributed by atoms with Gasteiger partial charge in [0.2, 0.25) is 5.91 Å². The summed E-state index contributed by atoms with van der Waals surface area (Å²) in [5.41, 5.74) is 7.18. The molecule has 5 heteroatoms. The van der Waals surface area contributed by atoms with E-state index in [1.807, 2.05) is 37.3 Å². The molecular formula is C18H31N3O2. The van der Waals surface area contributed by atoms with Gasteiger partial charge in [-0.3, -0.25) is 4.79 Å². The van der Waals surface area contributed by atoms with Crippen molar-refractivity contribution in [2.24, 2.45) is 11.7 Å². The fraction of sp³-hybridized carbons (Fsp3) is 0.611. The predicted molar refractivity (Wildman–Crippen MR) is 94.1 cm³/mol. The molecule has 1 aromatic rings. The molecule has 1 rings (SSSR count). The number of hydrogen-bond acceptors (Lipinski definition) is 4. The van der Waals surface area contributed by atoms with Crippen molar-refractivity contribution in [1.82, 2.24) is 10.6 Å². The van der Waals surface area contributed by atoms with Crippen LogP contribution >= 0.6 is 0 Å². The number of nitrogens with one attached hydrogen (secondary N) is 2. The second-order valence-corrected chi connectivity index (χ2v) is 6.41. The van der Waals surface area contributed by atoms with Crippen LogP contribution in [0.5, 0.6) is 0 Å². The lowest BCUT2D eigenvalue weighted by atomic mass is 10.00. The van der Waals surface area contributed by atoms with Gasteiger partial charge < -0.3 is 21.5 Å². The van der Waals surface area contributed by atoms with E-state index < -0.39 is 6.10 Å². The lowest BCUT2D eigenvalue weighted by molar-refractivity contribution is -0.123. The average molecular weight is 321 g/mol. The molecule has 5 nitrogen and oxygen atoms in total. The number of benzene rings is 1. The SMILES string of the molecule is CCNC(=O)[C@@H](CC(C)C)NC[C@@H](O)[C@@H](N)Cc1ccccc1. The summed E-state index contributed by atoms with van der Waals surface area (Å²) in [6.45, 7) is 6.96. The van der Waals surface area contributed by atoms with E-state index in [9.17, 15) is 9.90 Å². The molecule has 130 valence electrons. The summed E-state index contributed by atoms with van der Waals surface area (Å²) in [4.78, 5) is 12.1. The van der Waals surface area contributed by atoms with Crippen molar-refractivity contribution < 1.29 is 9.90 Å². The quantitative estimate of drug-likeness (QED) is 0.519. The normalized spacial score (nSPS) is 15.2. The Morgan fingerprint density at radius 1 is 1.26 bits per heavy atom.